The Morgan fingerprint density at radius 2 is 1.68 bits per heavy atom. The number of rotatable bonds is 4. The quantitative estimate of drug-likeness (QED) is 0.619. The molecule has 0 aliphatic heterocycles. The number of nitrogens with one attached hydrogen (secondary N) is 1. The summed E-state index contributed by atoms with van der Waals surface area (Å²) in [7, 11) is 0. The van der Waals surface area contributed by atoms with Crippen LogP contribution >= 0.6 is 15.9 Å². The van der Waals surface area contributed by atoms with E-state index < -0.39 is 0 Å². The normalized spacial score (nSPS) is 10.5. The molecule has 3 aromatic rings. The molecule has 25 heavy (non-hydrogen) atoms. The molecule has 1 amide bonds. The lowest BCUT2D eigenvalue weighted by molar-refractivity contribution is 0.0993. The van der Waals surface area contributed by atoms with Crippen molar-refractivity contribution in [2.75, 3.05) is 5.32 Å². The van der Waals surface area contributed by atoms with Crippen molar-refractivity contribution in [3.63, 3.8) is 0 Å². The Morgan fingerprint density at radius 3 is 2.36 bits per heavy atom. The van der Waals surface area contributed by atoms with Crippen molar-refractivity contribution in [1.82, 2.24) is 0 Å². The second-order valence-electron chi connectivity index (χ2n) is 5.77. The van der Waals surface area contributed by atoms with E-state index in [-0.39, 0.29) is 17.5 Å². The SMILES string of the molecule is Cc1ccc(C(=O)c2cccc(NC(=O)c3ccc(Br)o3)c2)cc1C. The molecule has 126 valence electrons. The first kappa shape index (κ1) is 17.2. The summed E-state index contributed by atoms with van der Waals surface area (Å²) in [6, 6.07) is 15.7. The number of aryl methyl sites for hydroxylation is 2. The molecule has 0 aliphatic carbocycles. The third-order valence-corrected chi connectivity index (χ3v) is 4.37. The zero-order chi connectivity index (χ0) is 18.0. The number of anilines is 1. The second kappa shape index (κ2) is 7.07. The summed E-state index contributed by atoms with van der Waals surface area (Å²) in [6.07, 6.45) is 0. The van der Waals surface area contributed by atoms with Gasteiger partial charge in [-0.05, 0) is 71.2 Å². The van der Waals surface area contributed by atoms with Gasteiger partial charge in [0, 0.05) is 16.8 Å². The Kier molecular flexibility index (Phi) is 4.86. The molecule has 0 radical (unpaired) electrons. The van der Waals surface area contributed by atoms with E-state index in [4.69, 9.17) is 4.42 Å². The summed E-state index contributed by atoms with van der Waals surface area (Å²) >= 11 is 3.16. The lowest BCUT2D eigenvalue weighted by atomic mass is 9.99. The molecule has 1 aromatic heterocycles. The van der Waals surface area contributed by atoms with E-state index in [1.54, 1.807) is 36.4 Å². The maximum Gasteiger partial charge on any atom is 0.291 e. The summed E-state index contributed by atoms with van der Waals surface area (Å²) < 4.78 is 5.71. The number of hydrogen-bond acceptors (Lipinski definition) is 3. The van der Waals surface area contributed by atoms with Gasteiger partial charge in [-0.2, -0.15) is 0 Å². The average Bonchev–Trinajstić information content (AvgIpc) is 3.03. The highest BCUT2D eigenvalue weighted by Gasteiger charge is 2.13. The van der Waals surface area contributed by atoms with Gasteiger partial charge in [-0.25, -0.2) is 0 Å². The summed E-state index contributed by atoms with van der Waals surface area (Å²) in [6.45, 7) is 3.98. The number of carbonyl (C=O) groups is 2. The number of carbonyl (C=O) groups excluding carboxylic acids is 2. The minimum atomic E-state index is -0.374. The van der Waals surface area contributed by atoms with E-state index in [9.17, 15) is 9.59 Å². The Labute approximate surface area is 154 Å². The van der Waals surface area contributed by atoms with Gasteiger partial charge in [-0.3, -0.25) is 9.59 Å². The van der Waals surface area contributed by atoms with Crippen molar-refractivity contribution >= 4 is 33.3 Å². The molecule has 2 aromatic carbocycles. The fraction of sp³-hybridized carbons (Fsp3) is 0.100. The van der Waals surface area contributed by atoms with Crippen LogP contribution in [0.3, 0.4) is 0 Å². The predicted molar refractivity (Wildman–Crippen MR) is 100 cm³/mol. The van der Waals surface area contributed by atoms with Gasteiger partial charge in [0.15, 0.2) is 16.2 Å². The summed E-state index contributed by atoms with van der Waals surface area (Å²) in [4.78, 5) is 24.8. The third kappa shape index (κ3) is 3.88. The van der Waals surface area contributed by atoms with Crippen molar-refractivity contribution < 1.29 is 14.0 Å². The van der Waals surface area contributed by atoms with E-state index in [1.807, 2.05) is 32.0 Å². The van der Waals surface area contributed by atoms with Crippen molar-refractivity contribution in [2.45, 2.75) is 13.8 Å². The molecular formula is C20H16BrNO3. The van der Waals surface area contributed by atoms with Crippen LogP contribution in [0, 0.1) is 13.8 Å². The molecule has 0 spiro atoms. The molecule has 0 saturated heterocycles. The van der Waals surface area contributed by atoms with Gasteiger partial charge in [0.2, 0.25) is 0 Å². The van der Waals surface area contributed by atoms with Crippen molar-refractivity contribution in [3.8, 4) is 0 Å². The van der Waals surface area contributed by atoms with Gasteiger partial charge in [0.1, 0.15) is 0 Å². The van der Waals surface area contributed by atoms with Gasteiger partial charge in [0.05, 0.1) is 0 Å². The molecule has 4 nitrogen and oxygen atoms in total. The van der Waals surface area contributed by atoms with Crippen molar-refractivity contribution in [1.29, 1.82) is 0 Å². The van der Waals surface area contributed by atoms with Crippen molar-refractivity contribution in [3.05, 3.63) is 87.3 Å². The van der Waals surface area contributed by atoms with Crippen LogP contribution in [-0.4, -0.2) is 11.7 Å². The minimum Gasteiger partial charge on any atom is -0.444 e. The van der Waals surface area contributed by atoms with E-state index in [0.717, 1.165) is 11.1 Å². The molecule has 0 aliphatic rings. The number of benzene rings is 2. The van der Waals surface area contributed by atoms with E-state index in [1.165, 1.54) is 0 Å². The average molecular weight is 398 g/mol. The van der Waals surface area contributed by atoms with Gasteiger partial charge in [0.25, 0.3) is 5.91 Å². The molecular weight excluding hydrogens is 382 g/mol. The molecule has 1 heterocycles. The lowest BCUT2D eigenvalue weighted by Gasteiger charge is -2.07. The monoisotopic (exact) mass is 397 g/mol. The molecule has 0 atom stereocenters. The maximum atomic E-state index is 12.7. The van der Waals surface area contributed by atoms with Gasteiger partial charge >= 0.3 is 0 Å². The number of furan rings is 1. The second-order valence-corrected chi connectivity index (χ2v) is 6.55. The van der Waals surface area contributed by atoms with Gasteiger partial charge in [-0.1, -0.05) is 24.3 Å². The van der Waals surface area contributed by atoms with Crippen LogP contribution in [0.5, 0.6) is 0 Å². The number of halogens is 1. The molecule has 1 N–H and O–H groups in total. The van der Waals surface area contributed by atoms with Crippen LogP contribution in [0.25, 0.3) is 0 Å². The van der Waals surface area contributed by atoms with Crippen molar-refractivity contribution in [2.24, 2.45) is 0 Å². The molecule has 0 unspecified atom stereocenters. The van der Waals surface area contributed by atoms with Crippen LogP contribution in [0.2, 0.25) is 0 Å². The topological polar surface area (TPSA) is 59.3 Å². The molecule has 0 saturated carbocycles. The predicted octanol–water partition coefficient (Wildman–Crippen LogP) is 5.14. The van der Waals surface area contributed by atoms with E-state index in [2.05, 4.69) is 21.2 Å². The smallest absolute Gasteiger partial charge is 0.291 e. The van der Waals surface area contributed by atoms with Crippen LogP contribution in [0.4, 0.5) is 5.69 Å². The third-order valence-electron chi connectivity index (χ3n) is 3.95. The van der Waals surface area contributed by atoms with E-state index in [0.29, 0.717) is 21.5 Å². The highest BCUT2D eigenvalue weighted by molar-refractivity contribution is 9.10. The zero-order valence-electron chi connectivity index (χ0n) is 13.8. The van der Waals surface area contributed by atoms with Crippen LogP contribution in [0.1, 0.15) is 37.6 Å². The fourth-order valence-corrected chi connectivity index (χ4v) is 2.72. The maximum absolute atomic E-state index is 12.7. The Morgan fingerprint density at radius 1 is 0.920 bits per heavy atom. The number of amides is 1. The van der Waals surface area contributed by atoms with Crippen LogP contribution in [-0.2, 0) is 0 Å². The van der Waals surface area contributed by atoms with Gasteiger partial charge < -0.3 is 9.73 Å². The molecule has 0 bridgehead atoms. The Balaban J connectivity index is 1.82. The summed E-state index contributed by atoms with van der Waals surface area (Å²) in [5.41, 5.74) is 3.89. The Hall–Kier alpha value is -2.66. The Bertz CT molecular complexity index is 959. The van der Waals surface area contributed by atoms with Crippen LogP contribution in [0.15, 0.2) is 63.7 Å². The fourth-order valence-electron chi connectivity index (χ4n) is 2.42. The number of hydrogen-bond donors (Lipinski definition) is 1. The summed E-state index contributed by atoms with van der Waals surface area (Å²) in [5, 5.41) is 2.73. The van der Waals surface area contributed by atoms with Crippen LogP contribution < -0.4 is 5.32 Å². The van der Waals surface area contributed by atoms with E-state index >= 15 is 0 Å². The minimum absolute atomic E-state index is 0.0834. The summed E-state index contributed by atoms with van der Waals surface area (Å²) in [5.74, 6) is -0.265. The van der Waals surface area contributed by atoms with Gasteiger partial charge in [-0.15, -0.1) is 0 Å². The standard InChI is InChI=1S/C20H16BrNO3/c1-12-6-7-15(10-13(12)2)19(23)14-4-3-5-16(11-14)22-20(24)17-8-9-18(21)25-17/h3-11H,1-2H3,(H,22,24). The lowest BCUT2D eigenvalue weighted by Crippen LogP contribution is -2.11. The highest BCUT2D eigenvalue weighted by Crippen LogP contribution is 2.19. The molecule has 5 heteroatoms. The zero-order valence-corrected chi connectivity index (χ0v) is 15.4. The molecule has 0 fully saturated rings. The molecule has 3 rings (SSSR count). The first-order chi connectivity index (χ1) is 11.9. The highest BCUT2D eigenvalue weighted by atomic mass is 79.9. The first-order valence-electron chi connectivity index (χ1n) is 7.73. The number of ketones is 1. The first-order valence-corrected chi connectivity index (χ1v) is 8.52. The largest absolute Gasteiger partial charge is 0.444 e.